The lowest BCUT2D eigenvalue weighted by molar-refractivity contribution is -0.148. The second-order valence-electron chi connectivity index (χ2n) is 6.87. The fourth-order valence-electron chi connectivity index (χ4n) is 3.39. The third-order valence-electron chi connectivity index (χ3n) is 5.44. The van der Waals surface area contributed by atoms with E-state index in [0.29, 0.717) is 18.2 Å². The van der Waals surface area contributed by atoms with Crippen molar-refractivity contribution < 1.29 is 14.7 Å². The number of rotatable bonds is 5. The molecule has 0 unspecified atom stereocenters. The van der Waals surface area contributed by atoms with Gasteiger partial charge in [-0.05, 0) is 32.6 Å². The van der Waals surface area contributed by atoms with Gasteiger partial charge in [-0.3, -0.25) is 14.3 Å². The largest absolute Gasteiger partial charge is 0.481 e. The van der Waals surface area contributed by atoms with Crippen molar-refractivity contribution >= 4 is 11.9 Å². The molecule has 1 saturated heterocycles. The summed E-state index contributed by atoms with van der Waals surface area (Å²) in [5.41, 5.74) is 0.564. The molecule has 1 aliphatic heterocycles. The van der Waals surface area contributed by atoms with E-state index in [-0.39, 0.29) is 18.4 Å². The molecule has 23 heavy (non-hydrogen) atoms. The summed E-state index contributed by atoms with van der Waals surface area (Å²) in [5, 5.41) is 13.8. The minimum absolute atomic E-state index is 0.0710. The van der Waals surface area contributed by atoms with E-state index in [2.05, 4.69) is 18.9 Å². The molecular formula is C17H27N3O3. The van der Waals surface area contributed by atoms with Crippen LogP contribution >= 0.6 is 0 Å². The molecule has 2 atom stereocenters. The molecule has 0 bridgehead atoms. The van der Waals surface area contributed by atoms with E-state index in [1.165, 1.54) is 0 Å². The highest BCUT2D eigenvalue weighted by Crippen LogP contribution is 2.36. The highest BCUT2D eigenvalue weighted by molar-refractivity contribution is 5.96. The van der Waals surface area contributed by atoms with Crippen LogP contribution in [0, 0.1) is 18.3 Å². The van der Waals surface area contributed by atoms with E-state index in [9.17, 15) is 14.7 Å². The number of aliphatic carboxylic acids is 1. The summed E-state index contributed by atoms with van der Waals surface area (Å²) in [5.74, 6) is -1.03. The van der Waals surface area contributed by atoms with Crippen molar-refractivity contribution in [3.63, 3.8) is 0 Å². The van der Waals surface area contributed by atoms with Gasteiger partial charge in [0.1, 0.15) is 0 Å². The number of hydrogen-bond acceptors (Lipinski definition) is 3. The lowest BCUT2D eigenvalue weighted by Gasteiger charge is -2.22. The summed E-state index contributed by atoms with van der Waals surface area (Å²) >= 11 is 0. The molecular weight excluding hydrogens is 294 g/mol. The molecule has 1 aromatic heterocycles. The lowest BCUT2D eigenvalue weighted by atomic mass is 9.81. The highest BCUT2D eigenvalue weighted by atomic mass is 16.4. The van der Waals surface area contributed by atoms with E-state index >= 15 is 0 Å². The van der Waals surface area contributed by atoms with Gasteiger partial charge < -0.3 is 10.0 Å². The van der Waals surface area contributed by atoms with Gasteiger partial charge in [0.15, 0.2) is 0 Å². The van der Waals surface area contributed by atoms with Crippen molar-refractivity contribution in [1.29, 1.82) is 0 Å². The van der Waals surface area contributed by atoms with Crippen LogP contribution in [0.1, 0.15) is 62.6 Å². The number of carboxylic acid groups (broad SMARTS) is 1. The average Bonchev–Trinajstić information content (AvgIpc) is 3.03. The van der Waals surface area contributed by atoms with Crippen LogP contribution in [0.3, 0.4) is 0 Å². The Bertz CT molecular complexity index is 606. The Morgan fingerprint density at radius 1 is 1.43 bits per heavy atom. The van der Waals surface area contributed by atoms with Crippen molar-refractivity contribution in [3.8, 4) is 0 Å². The van der Waals surface area contributed by atoms with Crippen LogP contribution in [0.25, 0.3) is 0 Å². The number of carboxylic acids is 1. The van der Waals surface area contributed by atoms with Crippen LogP contribution in [0.15, 0.2) is 6.20 Å². The number of carbonyl (C=O) groups is 2. The topological polar surface area (TPSA) is 75.4 Å². The molecule has 2 heterocycles. The molecule has 1 fully saturated rings. The number of likely N-dealkylation sites (tertiary alicyclic amines) is 1. The average molecular weight is 321 g/mol. The van der Waals surface area contributed by atoms with Gasteiger partial charge in [0.25, 0.3) is 5.91 Å². The molecule has 1 N–H and O–H groups in total. The summed E-state index contributed by atoms with van der Waals surface area (Å²) in [4.78, 5) is 26.0. The van der Waals surface area contributed by atoms with Crippen molar-refractivity contribution in [2.45, 2.75) is 53.5 Å². The van der Waals surface area contributed by atoms with Crippen molar-refractivity contribution in [2.75, 3.05) is 13.1 Å². The SMILES string of the molecule is CCC(CC)n1ncc(C(=O)N2C[C@@H](C)[C@](C)(C(=O)O)C2)c1C. The smallest absolute Gasteiger partial charge is 0.311 e. The van der Waals surface area contributed by atoms with Gasteiger partial charge in [-0.25, -0.2) is 0 Å². The Balaban J connectivity index is 2.24. The first-order valence-electron chi connectivity index (χ1n) is 8.33. The van der Waals surface area contributed by atoms with E-state index in [1.807, 2.05) is 18.5 Å². The second-order valence-corrected chi connectivity index (χ2v) is 6.87. The number of amides is 1. The molecule has 0 spiro atoms. The van der Waals surface area contributed by atoms with Crippen LogP contribution < -0.4 is 0 Å². The van der Waals surface area contributed by atoms with Gasteiger partial charge in [0, 0.05) is 18.8 Å². The molecule has 0 radical (unpaired) electrons. The zero-order valence-corrected chi connectivity index (χ0v) is 14.7. The molecule has 6 heteroatoms. The third kappa shape index (κ3) is 2.86. The molecule has 2 rings (SSSR count). The maximum atomic E-state index is 12.8. The van der Waals surface area contributed by atoms with Crippen molar-refractivity contribution in [3.05, 3.63) is 17.5 Å². The zero-order valence-electron chi connectivity index (χ0n) is 14.7. The normalized spacial score (nSPS) is 24.4. The number of hydrogen-bond donors (Lipinski definition) is 1. The Morgan fingerprint density at radius 3 is 2.52 bits per heavy atom. The molecule has 1 amide bonds. The fourth-order valence-corrected chi connectivity index (χ4v) is 3.39. The van der Waals surface area contributed by atoms with Gasteiger partial charge in [-0.2, -0.15) is 5.10 Å². The molecule has 6 nitrogen and oxygen atoms in total. The van der Waals surface area contributed by atoms with Crippen LogP contribution in [0.5, 0.6) is 0 Å². The van der Waals surface area contributed by atoms with Crippen molar-refractivity contribution in [2.24, 2.45) is 11.3 Å². The van der Waals surface area contributed by atoms with Gasteiger partial charge >= 0.3 is 5.97 Å². The first-order valence-corrected chi connectivity index (χ1v) is 8.33. The molecule has 0 aliphatic carbocycles. The number of aromatic nitrogens is 2. The highest BCUT2D eigenvalue weighted by Gasteiger charge is 2.48. The second kappa shape index (κ2) is 6.34. The van der Waals surface area contributed by atoms with E-state index < -0.39 is 11.4 Å². The Hall–Kier alpha value is -1.85. The number of nitrogens with zero attached hydrogens (tertiary/aromatic N) is 3. The van der Waals surface area contributed by atoms with Gasteiger partial charge in [-0.1, -0.05) is 20.8 Å². The summed E-state index contributed by atoms with van der Waals surface area (Å²) < 4.78 is 1.92. The first kappa shape index (κ1) is 17.5. The molecule has 0 saturated carbocycles. The lowest BCUT2D eigenvalue weighted by Crippen LogP contribution is -2.36. The number of carbonyl (C=O) groups excluding carboxylic acids is 1. The first-order chi connectivity index (χ1) is 10.8. The van der Waals surface area contributed by atoms with Crippen LogP contribution in [-0.4, -0.2) is 44.8 Å². The summed E-state index contributed by atoms with van der Waals surface area (Å²) in [6.45, 7) is 10.5. The summed E-state index contributed by atoms with van der Waals surface area (Å²) in [6.07, 6.45) is 3.55. The predicted molar refractivity (Wildman–Crippen MR) is 87.4 cm³/mol. The summed E-state index contributed by atoms with van der Waals surface area (Å²) in [7, 11) is 0. The van der Waals surface area contributed by atoms with Gasteiger partial charge in [-0.15, -0.1) is 0 Å². The van der Waals surface area contributed by atoms with E-state index in [4.69, 9.17) is 0 Å². The van der Waals surface area contributed by atoms with Gasteiger partial charge in [0.05, 0.1) is 23.2 Å². The minimum Gasteiger partial charge on any atom is -0.481 e. The molecule has 128 valence electrons. The standard InChI is InChI=1S/C17H27N3O3/c1-6-13(7-2)20-12(4)14(8-18-20)15(21)19-9-11(3)17(5,10-19)16(22)23/h8,11,13H,6-7,9-10H2,1-5H3,(H,22,23)/t11-,17-/m1/s1. The van der Waals surface area contributed by atoms with E-state index in [1.54, 1.807) is 18.0 Å². The molecule has 1 aromatic rings. The summed E-state index contributed by atoms with van der Waals surface area (Å²) in [6, 6.07) is 0.290. The Morgan fingerprint density at radius 2 is 2.04 bits per heavy atom. The van der Waals surface area contributed by atoms with Crippen molar-refractivity contribution in [1.82, 2.24) is 14.7 Å². The van der Waals surface area contributed by atoms with Crippen LogP contribution in [0.2, 0.25) is 0 Å². The predicted octanol–water partition coefficient (Wildman–Crippen LogP) is 2.74. The Kier molecular flexibility index (Phi) is 4.82. The van der Waals surface area contributed by atoms with Crippen LogP contribution in [0.4, 0.5) is 0 Å². The molecule has 0 aromatic carbocycles. The molecule has 1 aliphatic rings. The maximum Gasteiger partial charge on any atom is 0.311 e. The van der Waals surface area contributed by atoms with E-state index in [0.717, 1.165) is 18.5 Å². The zero-order chi connectivity index (χ0) is 17.4. The monoisotopic (exact) mass is 321 g/mol. The van der Waals surface area contributed by atoms with Gasteiger partial charge in [0.2, 0.25) is 0 Å². The quantitative estimate of drug-likeness (QED) is 0.905. The maximum absolute atomic E-state index is 12.8. The fraction of sp³-hybridized carbons (Fsp3) is 0.706. The Labute approximate surface area is 137 Å². The third-order valence-corrected chi connectivity index (χ3v) is 5.44. The minimum atomic E-state index is -0.880. The van der Waals surface area contributed by atoms with Crippen LogP contribution in [-0.2, 0) is 4.79 Å².